The number of halogens is 2. The van der Waals surface area contributed by atoms with Gasteiger partial charge in [-0.25, -0.2) is 8.42 Å². The second-order valence-electron chi connectivity index (χ2n) is 10.9. The average Bonchev–Trinajstić information content (AvgIpc) is 3.13. The number of sulfonamides is 1. The van der Waals surface area contributed by atoms with Crippen LogP contribution in [-0.4, -0.2) is 72.7 Å². The number of benzene rings is 4. The number of rotatable bonds is 16. The van der Waals surface area contributed by atoms with Gasteiger partial charge in [-0.2, -0.15) is 0 Å². The third kappa shape index (κ3) is 8.92. The van der Waals surface area contributed by atoms with Gasteiger partial charge in [-0.05, 0) is 54.4 Å². The topological polar surface area (TPSA) is 124 Å². The molecule has 4 aromatic carbocycles. The van der Waals surface area contributed by atoms with Crippen LogP contribution in [0.25, 0.3) is 0 Å². The van der Waals surface area contributed by atoms with E-state index in [1.54, 1.807) is 31.2 Å². The van der Waals surface area contributed by atoms with Crippen molar-refractivity contribution in [2.75, 3.05) is 45.8 Å². The van der Waals surface area contributed by atoms with E-state index in [9.17, 15) is 18.0 Å². The van der Waals surface area contributed by atoms with Crippen LogP contribution in [0, 0.1) is 0 Å². The molecule has 1 N–H and O–H groups in total. The van der Waals surface area contributed by atoms with Gasteiger partial charge < -0.3 is 29.2 Å². The van der Waals surface area contributed by atoms with Gasteiger partial charge in [-0.3, -0.25) is 13.9 Å². The Bertz CT molecular complexity index is 1910. The molecule has 0 aromatic heterocycles. The minimum atomic E-state index is -4.52. The summed E-state index contributed by atoms with van der Waals surface area (Å²) in [5, 5.41) is 3.40. The van der Waals surface area contributed by atoms with E-state index < -0.39 is 34.4 Å². The maximum Gasteiger partial charge on any atom is 0.265 e. The smallest absolute Gasteiger partial charge is 0.265 e. The fourth-order valence-electron chi connectivity index (χ4n) is 5.29. The summed E-state index contributed by atoms with van der Waals surface area (Å²) < 4.78 is 51.9. The van der Waals surface area contributed by atoms with Crippen LogP contribution in [0.1, 0.15) is 18.1 Å². The van der Waals surface area contributed by atoms with Crippen molar-refractivity contribution in [1.29, 1.82) is 0 Å². The van der Waals surface area contributed by atoms with Crippen LogP contribution in [0.5, 0.6) is 23.0 Å². The SMILES string of the molecule is CCNC(=O)C(Cc1ccccc1)N(Cc1ccc(Cl)c(Cl)c1)C(=O)CN(c1cc(OC)ccc1OC)S(=O)(=O)c1ccc(OC)c(OC)c1. The van der Waals surface area contributed by atoms with Crippen molar-refractivity contribution >= 4 is 50.7 Å². The van der Waals surface area contributed by atoms with Crippen LogP contribution in [0.2, 0.25) is 10.0 Å². The molecule has 0 saturated heterocycles. The van der Waals surface area contributed by atoms with Crippen LogP contribution < -0.4 is 28.6 Å². The number of ether oxygens (including phenoxy) is 4. The molecule has 4 aromatic rings. The van der Waals surface area contributed by atoms with Crippen molar-refractivity contribution in [3.63, 3.8) is 0 Å². The van der Waals surface area contributed by atoms with Crippen LogP contribution in [0.15, 0.2) is 89.8 Å². The Balaban J connectivity index is 1.90. The lowest BCUT2D eigenvalue weighted by Gasteiger charge is -2.34. The minimum Gasteiger partial charge on any atom is -0.497 e. The predicted octanol–water partition coefficient (Wildman–Crippen LogP) is 6.00. The first-order chi connectivity index (χ1) is 24.0. The Morgan fingerprint density at radius 2 is 1.44 bits per heavy atom. The molecule has 4 rings (SSSR count). The van der Waals surface area contributed by atoms with Gasteiger partial charge in [0.05, 0.1) is 49.1 Å². The predicted molar refractivity (Wildman–Crippen MR) is 193 cm³/mol. The Labute approximate surface area is 302 Å². The number of methoxy groups -OCH3 is 4. The average molecular weight is 745 g/mol. The van der Waals surface area contributed by atoms with Gasteiger partial charge in [0.2, 0.25) is 11.8 Å². The Kier molecular flexibility index (Phi) is 13.2. The molecular formula is C36H39Cl2N3O8S. The normalized spacial score (nSPS) is 11.7. The summed E-state index contributed by atoms with van der Waals surface area (Å²) >= 11 is 12.5. The van der Waals surface area contributed by atoms with E-state index in [1.165, 1.54) is 63.7 Å². The summed E-state index contributed by atoms with van der Waals surface area (Å²) in [6, 6.07) is 21.8. The van der Waals surface area contributed by atoms with E-state index in [-0.39, 0.29) is 40.1 Å². The summed E-state index contributed by atoms with van der Waals surface area (Å²) in [7, 11) is 1.11. The molecule has 14 heteroatoms. The molecule has 0 aliphatic carbocycles. The second-order valence-corrected chi connectivity index (χ2v) is 13.6. The lowest BCUT2D eigenvalue weighted by atomic mass is 10.0. The zero-order valence-corrected chi connectivity index (χ0v) is 30.6. The van der Waals surface area contributed by atoms with Crippen LogP contribution >= 0.6 is 23.2 Å². The van der Waals surface area contributed by atoms with Crippen molar-refractivity contribution in [2.24, 2.45) is 0 Å². The number of hydrogen-bond acceptors (Lipinski definition) is 8. The summed E-state index contributed by atoms with van der Waals surface area (Å²) in [4.78, 5) is 29.7. The van der Waals surface area contributed by atoms with Crippen LogP contribution in [0.4, 0.5) is 5.69 Å². The van der Waals surface area contributed by atoms with E-state index in [4.69, 9.17) is 42.1 Å². The van der Waals surface area contributed by atoms with Crippen molar-refractivity contribution in [3.05, 3.63) is 106 Å². The van der Waals surface area contributed by atoms with Gasteiger partial charge in [0, 0.05) is 31.6 Å². The largest absolute Gasteiger partial charge is 0.497 e. The highest BCUT2D eigenvalue weighted by Gasteiger charge is 2.36. The van der Waals surface area contributed by atoms with Crippen molar-refractivity contribution in [1.82, 2.24) is 10.2 Å². The number of nitrogens with one attached hydrogen (secondary N) is 1. The summed E-state index contributed by atoms with van der Waals surface area (Å²) in [6.45, 7) is 1.25. The van der Waals surface area contributed by atoms with E-state index in [0.29, 0.717) is 28.6 Å². The molecule has 2 amide bonds. The third-order valence-electron chi connectivity index (χ3n) is 7.84. The number of hydrogen-bond donors (Lipinski definition) is 1. The van der Waals surface area contributed by atoms with E-state index >= 15 is 0 Å². The number of carbonyl (C=O) groups is 2. The molecule has 50 heavy (non-hydrogen) atoms. The van der Waals surface area contributed by atoms with E-state index in [1.807, 2.05) is 30.3 Å². The third-order valence-corrected chi connectivity index (χ3v) is 10.3. The molecule has 0 heterocycles. The summed E-state index contributed by atoms with van der Waals surface area (Å²) in [5.74, 6) is -0.152. The van der Waals surface area contributed by atoms with E-state index in [2.05, 4.69) is 5.32 Å². The molecule has 1 unspecified atom stereocenters. The van der Waals surface area contributed by atoms with Gasteiger partial charge in [-0.15, -0.1) is 0 Å². The summed E-state index contributed by atoms with van der Waals surface area (Å²) in [6.07, 6.45) is 0.143. The van der Waals surface area contributed by atoms with Crippen molar-refractivity contribution < 1.29 is 37.0 Å². The highest BCUT2D eigenvalue weighted by atomic mass is 35.5. The molecule has 0 aliphatic rings. The van der Waals surface area contributed by atoms with Crippen LogP contribution in [0.3, 0.4) is 0 Å². The number of anilines is 1. The molecule has 0 saturated carbocycles. The second kappa shape index (κ2) is 17.3. The van der Waals surface area contributed by atoms with Crippen LogP contribution in [-0.2, 0) is 32.6 Å². The maximum absolute atomic E-state index is 14.7. The molecule has 0 bridgehead atoms. The molecule has 1 atom stereocenters. The first-order valence-corrected chi connectivity index (χ1v) is 17.7. The molecule has 11 nitrogen and oxygen atoms in total. The Hall–Kier alpha value is -4.65. The number of likely N-dealkylation sites (N-methyl/N-ethyl adjacent to an activating group) is 1. The first kappa shape index (κ1) is 38.2. The lowest BCUT2D eigenvalue weighted by Crippen LogP contribution is -2.53. The van der Waals surface area contributed by atoms with Gasteiger partial charge in [-0.1, -0.05) is 59.6 Å². The molecule has 0 fully saturated rings. The minimum absolute atomic E-state index is 0.0297. The van der Waals surface area contributed by atoms with Crippen molar-refractivity contribution in [3.8, 4) is 23.0 Å². The fraction of sp³-hybridized carbons (Fsp3) is 0.278. The first-order valence-electron chi connectivity index (χ1n) is 15.5. The zero-order chi connectivity index (χ0) is 36.4. The highest BCUT2D eigenvalue weighted by Crippen LogP contribution is 2.38. The van der Waals surface area contributed by atoms with E-state index in [0.717, 1.165) is 9.87 Å². The number of amides is 2. The van der Waals surface area contributed by atoms with Gasteiger partial charge in [0.15, 0.2) is 11.5 Å². The monoisotopic (exact) mass is 743 g/mol. The quantitative estimate of drug-likeness (QED) is 0.148. The maximum atomic E-state index is 14.7. The highest BCUT2D eigenvalue weighted by molar-refractivity contribution is 7.92. The molecule has 0 spiro atoms. The van der Waals surface area contributed by atoms with Gasteiger partial charge in [0.1, 0.15) is 24.1 Å². The number of carbonyl (C=O) groups excluding carboxylic acids is 2. The molecule has 0 radical (unpaired) electrons. The van der Waals surface area contributed by atoms with Gasteiger partial charge >= 0.3 is 0 Å². The Morgan fingerprint density at radius 3 is 2.06 bits per heavy atom. The zero-order valence-electron chi connectivity index (χ0n) is 28.3. The van der Waals surface area contributed by atoms with Crippen molar-refractivity contribution in [2.45, 2.75) is 30.8 Å². The van der Waals surface area contributed by atoms with Gasteiger partial charge in [0.25, 0.3) is 10.0 Å². The molecule has 0 aliphatic heterocycles. The lowest BCUT2D eigenvalue weighted by molar-refractivity contribution is -0.140. The Morgan fingerprint density at radius 1 is 0.760 bits per heavy atom. The molecular weight excluding hydrogens is 705 g/mol. The standard InChI is InChI=1S/C36H39Cl2N3O8S/c1-6-39-36(43)31(19-24-10-8-7-9-11-24)40(22-25-12-15-28(37)29(38)18-25)35(42)23-41(30-20-26(46-2)13-16-32(30)47-3)50(44,45)27-14-17-33(48-4)34(21-27)49-5/h7-18,20-21,31H,6,19,22-23H2,1-5H3,(H,39,43). The number of nitrogens with zero attached hydrogens (tertiary/aromatic N) is 2. The fourth-order valence-corrected chi connectivity index (χ4v) is 7.04. The summed E-state index contributed by atoms with van der Waals surface area (Å²) in [5.41, 5.74) is 1.39. The molecule has 266 valence electrons.